The quantitative estimate of drug-likeness (QED) is 0.176. The lowest BCUT2D eigenvalue weighted by Crippen LogP contribution is -2.30. The number of anilines is 3. The molecule has 0 bridgehead atoms. The Morgan fingerprint density at radius 3 is 2.14 bits per heavy atom. The second-order valence-corrected chi connectivity index (χ2v) is 6.97. The average Bonchev–Trinajstić information content (AvgIpc) is 2.88. The minimum absolute atomic E-state index is 0.0952. The van der Waals surface area contributed by atoms with Crippen LogP contribution in [-0.4, -0.2) is 20.8 Å². The molecule has 1 aromatic heterocycles. The Kier molecular flexibility index (Phi) is 6.92. The minimum atomic E-state index is -0.683. The normalized spacial score (nSPS) is 10.7. The summed E-state index contributed by atoms with van der Waals surface area (Å²) in [6.45, 7) is 0. The Labute approximate surface area is 197 Å². The van der Waals surface area contributed by atoms with Crippen LogP contribution in [0.15, 0.2) is 95.4 Å². The van der Waals surface area contributed by atoms with Gasteiger partial charge in [0.1, 0.15) is 12.1 Å². The molecule has 12 heteroatoms. The first-order valence-corrected chi connectivity index (χ1v) is 10.1. The van der Waals surface area contributed by atoms with Gasteiger partial charge in [0, 0.05) is 11.3 Å². The Morgan fingerprint density at radius 2 is 1.49 bits per heavy atom. The summed E-state index contributed by atoms with van der Waals surface area (Å²) in [4.78, 5) is 31.1. The molecule has 0 aliphatic rings. The molecule has 0 fully saturated rings. The molecule has 0 unspecified atom stereocenters. The van der Waals surface area contributed by atoms with Crippen LogP contribution in [0.1, 0.15) is 10.4 Å². The molecule has 0 saturated carbocycles. The number of hydrazine groups is 1. The van der Waals surface area contributed by atoms with Crippen LogP contribution in [0.25, 0.3) is 0 Å². The van der Waals surface area contributed by atoms with Crippen molar-refractivity contribution in [3.05, 3.63) is 107 Å². The number of hydrogen-bond donors (Lipinski definition) is 3. The zero-order valence-electron chi connectivity index (χ0n) is 17.9. The summed E-state index contributed by atoms with van der Waals surface area (Å²) < 4.78 is 13.0. The van der Waals surface area contributed by atoms with Gasteiger partial charge in [-0.3, -0.25) is 25.8 Å². The van der Waals surface area contributed by atoms with Crippen LogP contribution in [0.2, 0.25) is 0 Å². The smallest absolute Gasteiger partial charge is 0.334 e. The number of aromatic nitrogens is 2. The maximum atomic E-state index is 13.0. The van der Waals surface area contributed by atoms with Crippen LogP contribution >= 0.6 is 0 Å². The van der Waals surface area contributed by atoms with E-state index in [9.17, 15) is 19.3 Å². The zero-order valence-corrected chi connectivity index (χ0v) is 17.9. The minimum Gasteiger partial charge on any atom is -0.334 e. The van der Waals surface area contributed by atoms with Gasteiger partial charge in [-0.05, 0) is 60.7 Å². The van der Waals surface area contributed by atoms with Crippen molar-refractivity contribution in [3.8, 4) is 0 Å². The monoisotopic (exact) mass is 472 g/mol. The molecule has 4 aromatic rings. The number of carbonyl (C=O) groups is 1. The van der Waals surface area contributed by atoms with Gasteiger partial charge in [-0.1, -0.05) is 18.2 Å². The van der Waals surface area contributed by atoms with Crippen LogP contribution in [-0.2, 0) is 0 Å². The van der Waals surface area contributed by atoms with Gasteiger partial charge in [0.15, 0.2) is 0 Å². The van der Waals surface area contributed by atoms with Gasteiger partial charge in [-0.2, -0.15) is 10.2 Å². The fraction of sp³-hybridized carbons (Fsp3) is 0. The van der Waals surface area contributed by atoms with Crippen LogP contribution in [0, 0.1) is 15.9 Å². The lowest BCUT2D eigenvalue weighted by Gasteiger charge is -2.11. The van der Waals surface area contributed by atoms with Crippen LogP contribution in [0.5, 0.6) is 0 Å². The third-order valence-electron chi connectivity index (χ3n) is 4.57. The number of amides is 1. The second-order valence-electron chi connectivity index (χ2n) is 6.97. The molecular weight excluding hydrogens is 455 g/mol. The summed E-state index contributed by atoms with van der Waals surface area (Å²) in [5.41, 5.74) is 6.18. The van der Waals surface area contributed by atoms with E-state index in [1.165, 1.54) is 12.1 Å². The molecule has 0 aliphatic heterocycles. The molecule has 174 valence electrons. The van der Waals surface area contributed by atoms with E-state index in [1.807, 2.05) is 30.3 Å². The number of azo groups is 1. The van der Waals surface area contributed by atoms with E-state index >= 15 is 0 Å². The fourth-order valence-electron chi connectivity index (χ4n) is 2.88. The Morgan fingerprint density at radius 1 is 0.857 bits per heavy atom. The zero-order chi connectivity index (χ0) is 24.6. The Hall–Kier alpha value is -5.26. The number of carbonyl (C=O) groups excluding carboxylic acids is 1. The van der Waals surface area contributed by atoms with Crippen molar-refractivity contribution in [3.63, 3.8) is 0 Å². The highest BCUT2D eigenvalue weighted by Gasteiger charge is 2.23. The topological polar surface area (TPSA) is 147 Å². The van der Waals surface area contributed by atoms with E-state index in [4.69, 9.17) is 0 Å². The molecule has 11 nitrogen and oxygen atoms in total. The van der Waals surface area contributed by atoms with E-state index in [0.29, 0.717) is 17.1 Å². The molecule has 3 N–H and O–H groups in total. The number of hydrogen-bond acceptors (Lipinski definition) is 9. The molecule has 0 radical (unpaired) electrons. The predicted molar refractivity (Wildman–Crippen MR) is 127 cm³/mol. The maximum Gasteiger partial charge on any atom is 0.355 e. The van der Waals surface area contributed by atoms with Crippen LogP contribution < -0.4 is 16.2 Å². The molecule has 35 heavy (non-hydrogen) atoms. The van der Waals surface area contributed by atoms with Crippen LogP contribution in [0.3, 0.4) is 0 Å². The van der Waals surface area contributed by atoms with Crippen LogP contribution in [0.4, 0.5) is 38.8 Å². The van der Waals surface area contributed by atoms with Crippen molar-refractivity contribution >= 4 is 40.3 Å². The van der Waals surface area contributed by atoms with Crippen molar-refractivity contribution in [2.45, 2.75) is 0 Å². The van der Waals surface area contributed by atoms with Crippen molar-refractivity contribution < 1.29 is 14.1 Å². The summed E-state index contributed by atoms with van der Waals surface area (Å²) in [6.07, 6.45) is 1.10. The lowest BCUT2D eigenvalue weighted by molar-refractivity contribution is -0.383. The van der Waals surface area contributed by atoms with E-state index in [1.54, 1.807) is 24.3 Å². The average molecular weight is 472 g/mol. The van der Waals surface area contributed by atoms with E-state index in [0.717, 1.165) is 18.5 Å². The summed E-state index contributed by atoms with van der Waals surface area (Å²) in [7, 11) is 0. The molecule has 3 aromatic carbocycles. The van der Waals surface area contributed by atoms with E-state index < -0.39 is 22.3 Å². The standard InChI is InChI=1S/C23H17FN8O3/c24-16-8-6-15(7-9-16)23(33)31-30-22-20(32(34)35)21(25-14-26-22)27-17-10-12-19(13-11-17)29-28-18-4-2-1-3-5-18/h1-14H,(H,31,33)(H2,25,26,27,30). The first kappa shape index (κ1) is 22.9. The van der Waals surface area contributed by atoms with Crippen molar-refractivity contribution in [2.75, 3.05) is 10.7 Å². The second kappa shape index (κ2) is 10.6. The highest BCUT2D eigenvalue weighted by atomic mass is 19.1. The number of nitrogens with one attached hydrogen (secondary N) is 3. The first-order valence-electron chi connectivity index (χ1n) is 10.1. The number of benzene rings is 3. The van der Waals surface area contributed by atoms with Gasteiger partial charge in [0.25, 0.3) is 5.91 Å². The highest BCUT2D eigenvalue weighted by molar-refractivity contribution is 5.95. The molecule has 1 amide bonds. The molecule has 0 saturated heterocycles. The molecule has 0 spiro atoms. The van der Waals surface area contributed by atoms with Crippen molar-refractivity contribution in [1.82, 2.24) is 15.4 Å². The number of nitrogens with zero attached hydrogens (tertiary/aromatic N) is 5. The third-order valence-corrected chi connectivity index (χ3v) is 4.57. The summed E-state index contributed by atoms with van der Waals surface area (Å²) in [5, 5.41) is 22.9. The molecule has 4 rings (SSSR count). The van der Waals surface area contributed by atoms with Crippen molar-refractivity contribution in [1.29, 1.82) is 0 Å². The molecule has 0 atom stereocenters. The van der Waals surface area contributed by atoms with Gasteiger partial charge in [-0.25, -0.2) is 14.4 Å². The highest BCUT2D eigenvalue weighted by Crippen LogP contribution is 2.31. The SMILES string of the molecule is O=C(NNc1ncnc(Nc2ccc(N=Nc3ccccc3)cc2)c1[N+](=O)[O-])c1ccc(F)cc1. The van der Waals surface area contributed by atoms with Gasteiger partial charge in [-0.15, -0.1) is 0 Å². The molecule has 1 heterocycles. The van der Waals surface area contributed by atoms with Gasteiger partial charge in [0.05, 0.1) is 16.3 Å². The molecule has 0 aliphatic carbocycles. The fourth-order valence-corrected chi connectivity index (χ4v) is 2.88. The Balaban J connectivity index is 1.47. The summed E-state index contributed by atoms with van der Waals surface area (Å²) in [5.74, 6) is -1.46. The Bertz CT molecular complexity index is 1360. The largest absolute Gasteiger partial charge is 0.355 e. The van der Waals surface area contributed by atoms with E-state index in [2.05, 4.69) is 36.4 Å². The molecular formula is C23H17FN8O3. The van der Waals surface area contributed by atoms with Crippen molar-refractivity contribution in [2.24, 2.45) is 10.2 Å². The maximum absolute atomic E-state index is 13.0. The van der Waals surface area contributed by atoms with Gasteiger partial charge >= 0.3 is 5.69 Å². The van der Waals surface area contributed by atoms with Gasteiger partial charge in [0.2, 0.25) is 11.6 Å². The van der Waals surface area contributed by atoms with Gasteiger partial charge < -0.3 is 5.32 Å². The summed E-state index contributed by atoms with van der Waals surface area (Å²) in [6, 6.07) is 20.7. The summed E-state index contributed by atoms with van der Waals surface area (Å²) >= 11 is 0. The number of halogens is 1. The lowest BCUT2D eigenvalue weighted by atomic mass is 10.2. The number of nitro groups is 1. The van der Waals surface area contributed by atoms with E-state index in [-0.39, 0.29) is 17.2 Å². The number of rotatable bonds is 8. The third kappa shape index (κ3) is 5.96. The first-order chi connectivity index (χ1) is 17.0. The predicted octanol–water partition coefficient (Wildman–Crippen LogP) is 5.44.